The molecular formula is C19H14N6O. The van der Waals surface area contributed by atoms with Crippen molar-refractivity contribution in [2.75, 3.05) is 11.1 Å². The predicted molar refractivity (Wildman–Crippen MR) is 99.9 cm³/mol. The van der Waals surface area contributed by atoms with E-state index in [2.05, 4.69) is 37.3 Å². The van der Waals surface area contributed by atoms with Crippen LogP contribution in [0.5, 0.6) is 5.75 Å². The zero-order chi connectivity index (χ0) is 17.9. The Hall–Kier alpha value is -4.05. The molecule has 4 rings (SSSR count). The highest BCUT2D eigenvalue weighted by atomic mass is 16.3. The SMILES string of the molecule is Nc1nccc(Nc2cc(C#Cc3cccc(O)c3)c3[nH]ncc3c2)n1. The predicted octanol–water partition coefficient (Wildman–Crippen LogP) is 2.78. The molecule has 0 bridgehead atoms. The van der Waals surface area contributed by atoms with Crippen molar-refractivity contribution in [2.24, 2.45) is 0 Å². The van der Waals surface area contributed by atoms with E-state index in [0.717, 1.165) is 27.7 Å². The Morgan fingerprint density at radius 1 is 1.12 bits per heavy atom. The fourth-order valence-corrected chi connectivity index (χ4v) is 2.54. The molecule has 4 aromatic rings. The minimum atomic E-state index is 0.181. The monoisotopic (exact) mass is 342 g/mol. The zero-order valence-corrected chi connectivity index (χ0v) is 13.6. The van der Waals surface area contributed by atoms with Crippen molar-refractivity contribution in [1.29, 1.82) is 0 Å². The van der Waals surface area contributed by atoms with Gasteiger partial charge in [-0.3, -0.25) is 5.10 Å². The molecule has 2 heterocycles. The third kappa shape index (κ3) is 3.25. The molecule has 0 aliphatic carbocycles. The molecule has 126 valence electrons. The van der Waals surface area contributed by atoms with Crippen LogP contribution in [0.1, 0.15) is 11.1 Å². The van der Waals surface area contributed by atoms with E-state index in [1.54, 1.807) is 36.7 Å². The van der Waals surface area contributed by atoms with Gasteiger partial charge in [0.25, 0.3) is 0 Å². The molecule has 2 aromatic carbocycles. The van der Waals surface area contributed by atoms with Gasteiger partial charge in [-0.1, -0.05) is 17.9 Å². The van der Waals surface area contributed by atoms with E-state index in [4.69, 9.17) is 5.73 Å². The zero-order valence-electron chi connectivity index (χ0n) is 13.6. The van der Waals surface area contributed by atoms with E-state index in [-0.39, 0.29) is 11.7 Å². The number of rotatable bonds is 2. The minimum absolute atomic E-state index is 0.181. The lowest BCUT2D eigenvalue weighted by Crippen LogP contribution is -1.99. The standard InChI is InChI=1S/C19H14N6O/c20-19-21-7-6-17(24-19)23-15-9-13(18-14(10-15)11-22-25-18)5-4-12-2-1-3-16(26)8-12/h1-3,6-11,26H,(H,22,25)(H3,20,21,23,24). The Bertz CT molecular complexity index is 1160. The van der Waals surface area contributed by atoms with Crippen LogP contribution >= 0.6 is 0 Å². The summed E-state index contributed by atoms with van der Waals surface area (Å²) in [7, 11) is 0. The summed E-state index contributed by atoms with van der Waals surface area (Å²) in [5.74, 6) is 7.15. The summed E-state index contributed by atoms with van der Waals surface area (Å²) in [5, 5.41) is 20.7. The first kappa shape index (κ1) is 15.5. The van der Waals surface area contributed by atoms with Crippen molar-refractivity contribution in [3.8, 4) is 17.6 Å². The Kier molecular flexibility index (Phi) is 3.84. The van der Waals surface area contributed by atoms with Gasteiger partial charge in [-0.2, -0.15) is 10.1 Å². The number of fused-ring (bicyclic) bond motifs is 1. The minimum Gasteiger partial charge on any atom is -0.508 e. The van der Waals surface area contributed by atoms with E-state index in [1.807, 2.05) is 18.2 Å². The highest BCUT2D eigenvalue weighted by molar-refractivity contribution is 5.88. The first-order valence-electron chi connectivity index (χ1n) is 7.81. The number of benzene rings is 2. The number of nitrogens with zero attached hydrogens (tertiary/aromatic N) is 3. The number of H-pyrrole nitrogens is 1. The first-order valence-corrected chi connectivity index (χ1v) is 7.81. The largest absolute Gasteiger partial charge is 0.508 e. The average Bonchev–Trinajstić information content (AvgIpc) is 3.08. The van der Waals surface area contributed by atoms with Gasteiger partial charge in [0.05, 0.1) is 17.3 Å². The number of aromatic hydroxyl groups is 1. The normalized spacial score (nSPS) is 10.3. The second-order valence-corrected chi connectivity index (χ2v) is 5.58. The Morgan fingerprint density at radius 2 is 2.04 bits per heavy atom. The maximum absolute atomic E-state index is 9.56. The van der Waals surface area contributed by atoms with Crippen molar-refractivity contribution in [2.45, 2.75) is 0 Å². The summed E-state index contributed by atoms with van der Waals surface area (Å²) in [6.07, 6.45) is 3.32. The molecule has 0 spiro atoms. The summed E-state index contributed by atoms with van der Waals surface area (Å²) >= 11 is 0. The third-order valence-electron chi connectivity index (χ3n) is 3.68. The number of anilines is 3. The van der Waals surface area contributed by atoms with Crippen molar-refractivity contribution < 1.29 is 5.11 Å². The van der Waals surface area contributed by atoms with E-state index in [1.165, 1.54) is 0 Å². The van der Waals surface area contributed by atoms with Gasteiger partial charge in [-0.15, -0.1) is 0 Å². The molecule has 0 fully saturated rings. The smallest absolute Gasteiger partial charge is 0.221 e. The fraction of sp³-hybridized carbons (Fsp3) is 0. The number of phenols is 1. The van der Waals surface area contributed by atoms with Crippen LogP contribution in [0.15, 0.2) is 54.9 Å². The molecule has 0 saturated carbocycles. The number of aromatic amines is 1. The molecule has 0 saturated heterocycles. The number of nitrogens with one attached hydrogen (secondary N) is 2. The summed E-state index contributed by atoms with van der Waals surface area (Å²) < 4.78 is 0. The first-order chi connectivity index (χ1) is 12.7. The quantitative estimate of drug-likeness (QED) is 0.417. The second kappa shape index (κ2) is 6.45. The van der Waals surface area contributed by atoms with Crippen LogP contribution in [0.3, 0.4) is 0 Å². The maximum Gasteiger partial charge on any atom is 0.221 e. The maximum atomic E-state index is 9.56. The lowest BCUT2D eigenvalue weighted by molar-refractivity contribution is 0.475. The topological polar surface area (TPSA) is 113 Å². The summed E-state index contributed by atoms with van der Waals surface area (Å²) in [6, 6.07) is 12.4. The number of hydrogen-bond acceptors (Lipinski definition) is 6. The van der Waals surface area contributed by atoms with Crippen LogP contribution in [0.25, 0.3) is 10.9 Å². The number of nitrogen functional groups attached to an aromatic ring is 1. The van der Waals surface area contributed by atoms with Crippen LogP contribution in [-0.4, -0.2) is 25.3 Å². The highest BCUT2D eigenvalue weighted by Crippen LogP contribution is 2.24. The summed E-state index contributed by atoms with van der Waals surface area (Å²) in [5.41, 5.74) is 8.75. The van der Waals surface area contributed by atoms with Crippen molar-refractivity contribution >= 4 is 28.4 Å². The van der Waals surface area contributed by atoms with E-state index < -0.39 is 0 Å². The van der Waals surface area contributed by atoms with Gasteiger partial charge < -0.3 is 16.2 Å². The molecule has 0 unspecified atom stereocenters. The van der Waals surface area contributed by atoms with Crippen LogP contribution in [-0.2, 0) is 0 Å². The van der Waals surface area contributed by atoms with Gasteiger partial charge in [0.2, 0.25) is 5.95 Å². The molecule has 7 nitrogen and oxygen atoms in total. The number of aromatic nitrogens is 4. The second-order valence-electron chi connectivity index (χ2n) is 5.58. The van der Waals surface area contributed by atoms with Crippen molar-refractivity contribution in [3.05, 3.63) is 66.0 Å². The molecule has 0 aliphatic rings. The number of hydrogen-bond donors (Lipinski definition) is 4. The van der Waals surface area contributed by atoms with Gasteiger partial charge in [-0.25, -0.2) is 4.98 Å². The van der Waals surface area contributed by atoms with Crippen LogP contribution in [0.4, 0.5) is 17.5 Å². The summed E-state index contributed by atoms with van der Waals surface area (Å²) in [4.78, 5) is 8.02. The number of phenolic OH excluding ortho intramolecular Hbond substituents is 1. The van der Waals surface area contributed by atoms with Crippen LogP contribution < -0.4 is 11.1 Å². The molecule has 0 atom stereocenters. The molecule has 2 aromatic heterocycles. The van der Waals surface area contributed by atoms with Gasteiger partial charge >= 0.3 is 0 Å². The highest BCUT2D eigenvalue weighted by Gasteiger charge is 2.06. The molecule has 26 heavy (non-hydrogen) atoms. The van der Waals surface area contributed by atoms with E-state index in [9.17, 15) is 5.11 Å². The van der Waals surface area contributed by atoms with Gasteiger partial charge in [0.15, 0.2) is 0 Å². The Morgan fingerprint density at radius 3 is 2.88 bits per heavy atom. The lowest BCUT2D eigenvalue weighted by Gasteiger charge is -2.07. The Balaban J connectivity index is 1.74. The van der Waals surface area contributed by atoms with Crippen molar-refractivity contribution in [3.63, 3.8) is 0 Å². The van der Waals surface area contributed by atoms with E-state index in [0.29, 0.717) is 5.82 Å². The third-order valence-corrected chi connectivity index (χ3v) is 3.68. The molecule has 0 amide bonds. The van der Waals surface area contributed by atoms with E-state index >= 15 is 0 Å². The number of nitrogens with two attached hydrogens (primary N) is 1. The average molecular weight is 342 g/mol. The molecule has 5 N–H and O–H groups in total. The lowest BCUT2D eigenvalue weighted by atomic mass is 10.1. The van der Waals surface area contributed by atoms with Gasteiger partial charge in [0, 0.05) is 22.8 Å². The molecule has 7 heteroatoms. The van der Waals surface area contributed by atoms with Crippen LogP contribution in [0.2, 0.25) is 0 Å². The molecule has 0 aliphatic heterocycles. The molecule has 0 radical (unpaired) electrons. The molecular weight excluding hydrogens is 328 g/mol. The van der Waals surface area contributed by atoms with Crippen LogP contribution in [0, 0.1) is 11.8 Å². The van der Waals surface area contributed by atoms with Gasteiger partial charge in [0.1, 0.15) is 11.6 Å². The summed E-state index contributed by atoms with van der Waals surface area (Å²) in [6.45, 7) is 0. The van der Waals surface area contributed by atoms with Crippen molar-refractivity contribution in [1.82, 2.24) is 20.2 Å². The Labute approximate surface area is 148 Å². The van der Waals surface area contributed by atoms with Gasteiger partial charge in [-0.05, 0) is 36.4 Å². The fourth-order valence-electron chi connectivity index (χ4n) is 2.54.